The molecule has 1 N–H and O–H groups in total. The first-order valence-corrected chi connectivity index (χ1v) is 6.18. The number of rotatable bonds is 6. The first-order valence-electron chi connectivity index (χ1n) is 6.18. The highest BCUT2D eigenvalue weighted by molar-refractivity contribution is 5.96. The van der Waals surface area contributed by atoms with Gasteiger partial charge in [0.15, 0.2) is 0 Å². The Hall–Kier alpha value is -1.44. The van der Waals surface area contributed by atoms with Crippen LogP contribution in [0.4, 0.5) is 0 Å². The van der Waals surface area contributed by atoms with Gasteiger partial charge in [0.05, 0.1) is 0 Å². The van der Waals surface area contributed by atoms with Crippen LogP contribution < -0.4 is 0 Å². The monoisotopic (exact) mass is 230 g/mol. The molecule has 1 fully saturated rings. The first kappa shape index (κ1) is 13.6. The number of aliphatic imine (C=N–C) groups is 1. The van der Waals surface area contributed by atoms with Gasteiger partial charge in [0, 0.05) is 23.5 Å². The molecule has 0 spiro atoms. The number of allylic oxidation sites excluding steroid dienone is 5. The SMILES string of the molecule is C=C\C=C(/C=N/C(C)=C\C(=N)C1CC1)C(C)C. The Morgan fingerprint density at radius 3 is 2.53 bits per heavy atom. The summed E-state index contributed by atoms with van der Waals surface area (Å²) in [6.45, 7) is 9.91. The summed E-state index contributed by atoms with van der Waals surface area (Å²) < 4.78 is 0. The van der Waals surface area contributed by atoms with Crippen molar-refractivity contribution in [2.75, 3.05) is 0 Å². The fourth-order valence-corrected chi connectivity index (χ4v) is 1.47. The van der Waals surface area contributed by atoms with E-state index in [1.54, 1.807) is 6.08 Å². The minimum atomic E-state index is 0.437. The van der Waals surface area contributed by atoms with Gasteiger partial charge in [-0.1, -0.05) is 32.6 Å². The molecule has 0 amide bonds. The van der Waals surface area contributed by atoms with E-state index in [1.165, 1.54) is 12.8 Å². The van der Waals surface area contributed by atoms with Crippen molar-refractivity contribution in [1.82, 2.24) is 0 Å². The van der Waals surface area contributed by atoms with Gasteiger partial charge >= 0.3 is 0 Å². The second-order valence-electron chi connectivity index (χ2n) is 4.83. The lowest BCUT2D eigenvalue weighted by Gasteiger charge is -2.04. The summed E-state index contributed by atoms with van der Waals surface area (Å²) >= 11 is 0. The summed E-state index contributed by atoms with van der Waals surface area (Å²) in [5.74, 6) is 0.931. The quantitative estimate of drug-likeness (QED) is 0.525. The third-order valence-electron chi connectivity index (χ3n) is 2.78. The molecule has 2 nitrogen and oxygen atoms in total. The Kier molecular flexibility index (Phi) is 5.08. The van der Waals surface area contributed by atoms with E-state index in [1.807, 2.05) is 25.3 Å². The summed E-state index contributed by atoms with van der Waals surface area (Å²) in [7, 11) is 0. The van der Waals surface area contributed by atoms with E-state index in [-0.39, 0.29) is 0 Å². The fraction of sp³-hybridized carbons (Fsp3) is 0.467. The molecule has 1 saturated carbocycles. The number of nitrogens with one attached hydrogen (secondary N) is 1. The van der Waals surface area contributed by atoms with Crippen LogP contribution in [0.1, 0.15) is 33.6 Å². The molecule has 0 radical (unpaired) electrons. The van der Waals surface area contributed by atoms with Crippen molar-refractivity contribution < 1.29 is 0 Å². The molecule has 0 aromatic rings. The van der Waals surface area contributed by atoms with Gasteiger partial charge in [-0.05, 0) is 37.3 Å². The molecule has 0 unspecified atom stereocenters. The lowest BCUT2D eigenvalue weighted by molar-refractivity contribution is 0.806. The molecule has 0 aliphatic heterocycles. The highest BCUT2D eigenvalue weighted by Crippen LogP contribution is 2.30. The predicted molar refractivity (Wildman–Crippen MR) is 75.8 cm³/mol. The van der Waals surface area contributed by atoms with Crippen LogP contribution in [0.5, 0.6) is 0 Å². The smallest absolute Gasteiger partial charge is 0.0390 e. The zero-order valence-corrected chi connectivity index (χ0v) is 11.0. The maximum atomic E-state index is 7.81. The average molecular weight is 230 g/mol. The summed E-state index contributed by atoms with van der Waals surface area (Å²) in [6.07, 6.45) is 9.85. The number of hydrogen-bond acceptors (Lipinski definition) is 2. The molecular weight excluding hydrogens is 208 g/mol. The van der Waals surface area contributed by atoms with E-state index in [2.05, 4.69) is 25.4 Å². The van der Waals surface area contributed by atoms with Gasteiger partial charge in [-0.15, -0.1) is 0 Å². The molecule has 0 saturated heterocycles. The molecule has 1 aliphatic rings. The predicted octanol–water partition coefficient (Wildman–Crippen LogP) is 4.16. The van der Waals surface area contributed by atoms with Crippen LogP contribution in [0.15, 0.2) is 41.1 Å². The summed E-state index contributed by atoms with van der Waals surface area (Å²) in [4.78, 5) is 4.39. The maximum absolute atomic E-state index is 7.81. The third kappa shape index (κ3) is 4.94. The molecule has 0 atom stereocenters. The van der Waals surface area contributed by atoms with Gasteiger partial charge in [0.25, 0.3) is 0 Å². The lowest BCUT2D eigenvalue weighted by atomic mass is 10.0. The van der Waals surface area contributed by atoms with Crippen LogP contribution in [0, 0.1) is 17.2 Å². The van der Waals surface area contributed by atoms with Crippen molar-refractivity contribution >= 4 is 11.9 Å². The van der Waals surface area contributed by atoms with E-state index >= 15 is 0 Å². The van der Waals surface area contributed by atoms with Crippen LogP contribution >= 0.6 is 0 Å². The first-order chi connectivity index (χ1) is 8.04. The van der Waals surface area contributed by atoms with E-state index in [0.29, 0.717) is 11.8 Å². The lowest BCUT2D eigenvalue weighted by Crippen LogP contribution is -1.97. The van der Waals surface area contributed by atoms with Gasteiger partial charge in [0.2, 0.25) is 0 Å². The van der Waals surface area contributed by atoms with Gasteiger partial charge in [-0.25, -0.2) is 0 Å². The minimum Gasteiger partial charge on any atom is -0.305 e. The van der Waals surface area contributed by atoms with Gasteiger partial charge < -0.3 is 5.41 Å². The zero-order chi connectivity index (χ0) is 12.8. The van der Waals surface area contributed by atoms with Crippen LogP contribution in [0.25, 0.3) is 0 Å². The molecule has 2 heteroatoms. The van der Waals surface area contributed by atoms with Crippen LogP contribution in [0.3, 0.4) is 0 Å². The Labute approximate surface area is 104 Å². The Balaban J connectivity index is 2.64. The van der Waals surface area contributed by atoms with Crippen LogP contribution in [0.2, 0.25) is 0 Å². The molecule has 0 aromatic carbocycles. The van der Waals surface area contributed by atoms with Crippen LogP contribution in [-0.2, 0) is 0 Å². The van der Waals surface area contributed by atoms with Crippen molar-refractivity contribution in [3.8, 4) is 0 Å². The maximum Gasteiger partial charge on any atom is 0.0390 e. The molecule has 1 rings (SSSR count). The molecular formula is C15H22N2. The number of nitrogens with zero attached hydrogens (tertiary/aromatic N) is 1. The molecule has 17 heavy (non-hydrogen) atoms. The summed E-state index contributed by atoms with van der Waals surface area (Å²) in [5.41, 5.74) is 2.78. The van der Waals surface area contributed by atoms with E-state index in [9.17, 15) is 0 Å². The van der Waals surface area contributed by atoms with E-state index in [4.69, 9.17) is 5.41 Å². The largest absolute Gasteiger partial charge is 0.305 e. The fourth-order valence-electron chi connectivity index (χ4n) is 1.47. The molecule has 0 aromatic heterocycles. The molecule has 1 aliphatic carbocycles. The van der Waals surface area contributed by atoms with Crippen molar-refractivity contribution in [1.29, 1.82) is 5.41 Å². The second-order valence-corrected chi connectivity index (χ2v) is 4.83. The number of hydrogen-bond donors (Lipinski definition) is 1. The topological polar surface area (TPSA) is 36.2 Å². The van der Waals surface area contributed by atoms with E-state index < -0.39 is 0 Å². The molecule has 0 heterocycles. The second kappa shape index (κ2) is 6.33. The van der Waals surface area contributed by atoms with Gasteiger partial charge in [-0.2, -0.15) is 0 Å². The highest BCUT2D eigenvalue weighted by atomic mass is 14.7. The van der Waals surface area contributed by atoms with E-state index in [0.717, 1.165) is 17.0 Å². The Morgan fingerprint density at radius 2 is 2.06 bits per heavy atom. The standard InChI is InChI=1S/C15H22N2/c1-5-6-14(11(2)3)10-17-12(4)9-15(16)13-7-8-13/h5-6,9-11,13,16H,1,7-8H2,2-4H3/b12-9-,14-6+,16-15?,17-10+. The Morgan fingerprint density at radius 1 is 1.41 bits per heavy atom. The average Bonchev–Trinajstić information content (AvgIpc) is 3.07. The third-order valence-corrected chi connectivity index (χ3v) is 2.78. The normalized spacial score (nSPS) is 17.9. The van der Waals surface area contributed by atoms with Crippen molar-refractivity contribution in [2.24, 2.45) is 16.8 Å². The molecule has 0 bridgehead atoms. The van der Waals surface area contributed by atoms with Gasteiger partial charge in [0.1, 0.15) is 0 Å². The van der Waals surface area contributed by atoms with Crippen molar-refractivity contribution in [2.45, 2.75) is 33.6 Å². The summed E-state index contributed by atoms with van der Waals surface area (Å²) in [5, 5.41) is 7.81. The van der Waals surface area contributed by atoms with Crippen molar-refractivity contribution in [3.63, 3.8) is 0 Å². The van der Waals surface area contributed by atoms with Crippen molar-refractivity contribution in [3.05, 3.63) is 36.1 Å². The Bertz CT molecular complexity index is 380. The summed E-state index contributed by atoms with van der Waals surface area (Å²) in [6, 6.07) is 0. The van der Waals surface area contributed by atoms with Gasteiger partial charge in [-0.3, -0.25) is 4.99 Å². The van der Waals surface area contributed by atoms with Crippen LogP contribution in [-0.4, -0.2) is 11.9 Å². The molecule has 92 valence electrons. The highest BCUT2D eigenvalue weighted by Gasteiger charge is 2.24. The minimum absolute atomic E-state index is 0.437. The zero-order valence-electron chi connectivity index (χ0n) is 11.0.